The van der Waals surface area contributed by atoms with Crippen LogP contribution in [-0.2, 0) is 11.3 Å². The molecular formula is C16H23ClN2O3. The Morgan fingerprint density at radius 1 is 1.45 bits per heavy atom. The van der Waals surface area contributed by atoms with Crippen LogP contribution in [0.1, 0.15) is 31.2 Å². The maximum absolute atomic E-state index is 12.0. The molecule has 122 valence electrons. The first-order valence-corrected chi connectivity index (χ1v) is 7.97. The zero-order valence-corrected chi connectivity index (χ0v) is 13.5. The first-order chi connectivity index (χ1) is 10.6. The zero-order chi connectivity index (χ0) is 15.9. The molecule has 0 aromatic heterocycles. The highest BCUT2D eigenvalue weighted by Gasteiger charge is 2.20. The molecule has 1 aromatic rings. The number of hydrogen-bond acceptors (Lipinski definition) is 3. The van der Waals surface area contributed by atoms with Gasteiger partial charge in [-0.1, -0.05) is 24.1 Å². The molecule has 6 heteroatoms. The number of aliphatic hydroxyl groups excluding tert-OH is 1. The Balaban J connectivity index is 1.88. The molecule has 1 saturated carbocycles. The number of methoxy groups -OCH3 is 1. The maximum atomic E-state index is 12.0. The quantitative estimate of drug-likeness (QED) is 0.778. The molecular weight excluding hydrogens is 304 g/mol. The summed E-state index contributed by atoms with van der Waals surface area (Å²) in [5.74, 6) is 0.340. The molecule has 0 saturated heterocycles. The summed E-state index contributed by atoms with van der Waals surface area (Å²) < 4.78 is 5.11. The molecule has 3 N–H and O–H groups in total. The van der Waals surface area contributed by atoms with Crippen molar-refractivity contribution >= 4 is 23.3 Å². The summed E-state index contributed by atoms with van der Waals surface area (Å²) in [6.07, 6.45) is 3.45. The molecule has 2 rings (SSSR count). The van der Waals surface area contributed by atoms with Crippen molar-refractivity contribution in [3.8, 4) is 0 Å². The fraction of sp³-hybridized carbons (Fsp3) is 0.562. The maximum Gasteiger partial charge on any atom is 0.319 e. The van der Waals surface area contributed by atoms with Crippen molar-refractivity contribution in [1.82, 2.24) is 5.32 Å². The Kier molecular flexibility index (Phi) is 6.49. The number of ether oxygens (including phenoxy) is 1. The van der Waals surface area contributed by atoms with Crippen molar-refractivity contribution in [1.29, 1.82) is 0 Å². The fourth-order valence-corrected chi connectivity index (χ4v) is 3.05. The van der Waals surface area contributed by atoms with Gasteiger partial charge in [0.05, 0.1) is 12.7 Å². The van der Waals surface area contributed by atoms with E-state index in [0.29, 0.717) is 29.8 Å². The zero-order valence-electron chi connectivity index (χ0n) is 12.8. The normalized spacial score (nSPS) is 21.4. The second-order valence-corrected chi connectivity index (χ2v) is 6.13. The monoisotopic (exact) mass is 326 g/mol. The minimum Gasteiger partial charge on any atom is -0.393 e. The van der Waals surface area contributed by atoms with E-state index in [2.05, 4.69) is 10.6 Å². The van der Waals surface area contributed by atoms with Gasteiger partial charge in [0.2, 0.25) is 0 Å². The summed E-state index contributed by atoms with van der Waals surface area (Å²) in [6.45, 7) is 0.910. The third-order valence-electron chi connectivity index (χ3n) is 3.96. The molecule has 0 heterocycles. The molecule has 2 unspecified atom stereocenters. The van der Waals surface area contributed by atoms with E-state index in [-0.39, 0.29) is 12.1 Å². The van der Waals surface area contributed by atoms with Crippen LogP contribution in [0.2, 0.25) is 5.02 Å². The number of urea groups is 1. The highest BCUT2D eigenvalue weighted by atomic mass is 35.5. The van der Waals surface area contributed by atoms with Gasteiger partial charge in [0.15, 0.2) is 0 Å². The van der Waals surface area contributed by atoms with E-state index in [9.17, 15) is 9.90 Å². The molecule has 0 aliphatic heterocycles. The lowest BCUT2D eigenvalue weighted by Crippen LogP contribution is -2.35. The number of anilines is 1. The minimum atomic E-state index is -0.264. The molecule has 5 nitrogen and oxygen atoms in total. The lowest BCUT2D eigenvalue weighted by Gasteiger charge is -2.26. The van der Waals surface area contributed by atoms with Crippen molar-refractivity contribution in [2.75, 3.05) is 19.0 Å². The van der Waals surface area contributed by atoms with Gasteiger partial charge in [0.25, 0.3) is 0 Å². The van der Waals surface area contributed by atoms with E-state index in [1.807, 2.05) is 0 Å². The van der Waals surface area contributed by atoms with Crippen LogP contribution in [0.5, 0.6) is 0 Å². The van der Waals surface area contributed by atoms with Crippen molar-refractivity contribution in [2.45, 2.75) is 38.4 Å². The average Bonchev–Trinajstić information content (AvgIpc) is 2.49. The standard InChI is InChI=1S/C16H23ClN2O3/c1-22-10-13-14(17)6-3-7-15(13)19-16(21)18-9-11-4-2-5-12(20)8-11/h3,6-7,11-12,20H,2,4-5,8-10H2,1H3,(H2,18,19,21). The van der Waals surface area contributed by atoms with Crippen LogP contribution in [0.3, 0.4) is 0 Å². The molecule has 1 aliphatic rings. The smallest absolute Gasteiger partial charge is 0.319 e. The second-order valence-electron chi connectivity index (χ2n) is 5.72. The fourth-order valence-electron chi connectivity index (χ4n) is 2.82. The number of halogens is 1. The van der Waals surface area contributed by atoms with Crippen molar-refractivity contribution in [2.24, 2.45) is 5.92 Å². The van der Waals surface area contributed by atoms with E-state index in [1.54, 1.807) is 25.3 Å². The predicted molar refractivity (Wildman–Crippen MR) is 87.2 cm³/mol. The molecule has 2 atom stereocenters. The molecule has 22 heavy (non-hydrogen) atoms. The van der Waals surface area contributed by atoms with Gasteiger partial charge in [-0.25, -0.2) is 4.79 Å². The number of carbonyl (C=O) groups excluding carboxylic acids is 1. The van der Waals surface area contributed by atoms with Crippen LogP contribution in [0, 0.1) is 5.92 Å². The Labute approximate surface area is 136 Å². The van der Waals surface area contributed by atoms with Crippen LogP contribution in [0.25, 0.3) is 0 Å². The summed E-state index contributed by atoms with van der Waals surface area (Å²) in [4.78, 5) is 12.0. The SMILES string of the molecule is COCc1c(Cl)cccc1NC(=O)NCC1CCCC(O)C1. The summed E-state index contributed by atoms with van der Waals surface area (Å²) in [6, 6.07) is 5.08. The third kappa shape index (κ3) is 4.87. The number of aliphatic hydroxyl groups is 1. The van der Waals surface area contributed by atoms with Gasteiger partial charge in [0.1, 0.15) is 0 Å². The van der Waals surface area contributed by atoms with E-state index < -0.39 is 0 Å². The Bertz CT molecular complexity index is 510. The number of benzene rings is 1. The van der Waals surface area contributed by atoms with Crippen LogP contribution in [0.15, 0.2) is 18.2 Å². The highest BCUT2D eigenvalue weighted by Crippen LogP contribution is 2.25. The molecule has 0 radical (unpaired) electrons. The molecule has 0 spiro atoms. The molecule has 0 bridgehead atoms. The van der Waals surface area contributed by atoms with Gasteiger partial charge >= 0.3 is 6.03 Å². The van der Waals surface area contributed by atoms with E-state index in [1.165, 1.54) is 0 Å². The van der Waals surface area contributed by atoms with Crippen LogP contribution < -0.4 is 10.6 Å². The number of carbonyl (C=O) groups is 1. The van der Waals surface area contributed by atoms with Gasteiger partial charge in [-0.2, -0.15) is 0 Å². The van der Waals surface area contributed by atoms with Crippen molar-refractivity contribution < 1.29 is 14.6 Å². The summed E-state index contributed by atoms with van der Waals surface area (Å²) in [7, 11) is 1.58. The predicted octanol–water partition coefficient (Wildman–Crippen LogP) is 3.16. The lowest BCUT2D eigenvalue weighted by molar-refractivity contribution is 0.101. The largest absolute Gasteiger partial charge is 0.393 e. The molecule has 1 fully saturated rings. The number of amides is 2. The molecule has 1 aliphatic carbocycles. The second kappa shape index (κ2) is 8.36. The van der Waals surface area contributed by atoms with Gasteiger partial charge in [-0.3, -0.25) is 0 Å². The van der Waals surface area contributed by atoms with Crippen LogP contribution in [0.4, 0.5) is 10.5 Å². The topological polar surface area (TPSA) is 70.6 Å². The van der Waals surface area contributed by atoms with Gasteiger partial charge in [-0.15, -0.1) is 0 Å². The Morgan fingerprint density at radius 3 is 3.00 bits per heavy atom. The van der Waals surface area contributed by atoms with E-state index in [0.717, 1.165) is 31.2 Å². The summed E-state index contributed by atoms with van der Waals surface area (Å²) in [5.41, 5.74) is 1.41. The molecule has 2 amide bonds. The van der Waals surface area contributed by atoms with Crippen molar-refractivity contribution in [3.05, 3.63) is 28.8 Å². The highest BCUT2D eigenvalue weighted by molar-refractivity contribution is 6.31. The Morgan fingerprint density at radius 2 is 2.27 bits per heavy atom. The summed E-state index contributed by atoms with van der Waals surface area (Å²) in [5, 5.41) is 15.9. The molecule has 1 aromatic carbocycles. The Hall–Kier alpha value is -1.30. The van der Waals surface area contributed by atoms with Crippen molar-refractivity contribution in [3.63, 3.8) is 0 Å². The minimum absolute atomic E-state index is 0.232. The number of hydrogen-bond donors (Lipinski definition) is 3. The third-order valence-corrected chi connectivity index (χ3v) is 4.32. The first kappa shape index (κ1) is 17.1. The van der Waals surface area contributed by atoms with Gasteiger partial charge < -0.3 is 20.5 Å². The number of rotatable bonds is 5. The van der Waals surface area contributed by atoms with Crippen LogP contribution in [-0.4, -0.2) is 30.9 Å². The number of nitrogens with one attached hydrogen (secondary N) is 2. The van der Waals surface area contributed by atoms with Gasteiger partial charge in [-0.05, 0) is 37.3 Å². The summed E-state index contributed by atoms with van der Waals surface area (Å²) >= 11 is 6.13. The van der Waals surface area contributed by atoms with Crippen LogP contribution >= 0.6 is 11.6 Å². The lowest BCUT2D eigenvalue weighted by atomic mass is 9.87. The van der Waals surface area contributed by atoms with E-state index >= 15 is 0 Å². The first-order valence-electron chi connectivity index (χ1n) is 7.59. The average molecular weight is 327 g/mol. The van der Waals surface area contributed by atoms with E-state index in [4.69, 9.17) is 16.3 Å². The van der Waals surface area contributed by atoms with Gasteiger partial charge in [0, 0.05) is 29.9 Å².